The number of nitrogens with one attached hydrogen (secondary N) is 2. The van der Waals surface area contributed by atoms with E-state index in [2.05, 4.69) is 25.9 Å². The summed E-state index contributed by atoms with van der Waals surface area (Å²) in [5, 5.41) is 0. The number of nitrogen functional groups attached to an aromatic ring is 1. The molecule has 0 spiro atoms. The lowest BCUT2D eigenvalue weighted by Crippen LogP contribution is -1.99. The Morgan fingerprint density at radius 3 is 2.50 bits per heavy atom. The van der Waals surface area contributed by atoms with E-state index >= 15 is 0 Å². The molecule has 2 aromatic rings. The molecule has 0 aliphatic carbocycles. The number of aromatic nitrogens is 2. The molecule has 1 aromatic heterocycles. The van der Waals surface area contributed by atoms with Gasteiger partial charge in [0.2, 0.25) is 0 Å². The Labute approximate surface area is 75.9 Å². The van der Waals surface area contributed by atoms with Crippen LogP contribution in [0.15, 0.2) is 21.4 Å². The first-order chi connectivity index (χ1) is 5.66. The molecular weight excluding hydrogens is 222 g/mol. The van der Waals surface area contributed by atoms with E-state index in [1.54, 1.807) is 12.1 Å². The van der Waals surface area contributed by atoms with Crippen LogP contribution in [0.1, 0.15) is 0 Å². The molecule has 0 amide bonds. The number of aromatic amines is 2. The maximum atomic E-state index is 10.8. The van der Waals surface area contributed by atoms with Crippen molar-refractivity contribution in [3.8, 4) is 0 Å². The normalized spacial score (nSPS) is 10.8. The molecule has 0 saturated carbocycles. The maximum Gasteiger partial charge on any atom is 0.323 e. The van der Waals surface area contributed by atoms with E-state index in [1.165, 1.54) is 0 Å². The van der Waals surface area contributed by atoms with E-state index in [0.717, 1.165) is 15.5 Å². The highest BCUT2D eigenvalue weighted by Crippen LogP contribution is 2.22. The fraction of sp³-hybridized carbons (Fsp3) is 0. The molecule has 0 saturated heterocycles. The molecule has 0 bridgehead atoms. The highest BCUT2D eigenvalue weighted by molar-refractivity contribution is 9.10. The Kier molecular flexibility index (Phi) is 1.47. The van der Waals surface area contributed by atoms with Crippen molar-refractivity contribution in [2.75, 3.05) is 5.73 Å². The van der Waals surface area contributed by atoms with Crippen LogP contribution < -0.4 is 11.4 Å². The SMILES string of the molecule is Nc1cc2[nH]c(=O)[nH]c2cc1Br. The topological polar surface area (TPSA) is 74.7 Å². The van der Waals surface area contributed by atoms with Crippen molar-refractivity contribution in [2.24, 2.45) is 0 Å². The summed E-state index contributed by atoms with van der Waals surface area (Å²) in [6.07, 6.45) is 0. The van der Waals surface area contributed by atoms with Gasteiger partial charge < -0.3 is 15.7 Å². The number of nitrogens with two attached hydrogens (primary N) is 1. The van der Waals surface area contributed by atoms with Gasteiger partial charge in [0.05, 0.1) is 11.0 Å². The number of rotatable bonds is 0. The van der Waals surface area contributed by atoms with E-state index in [-0.39, 0.29) is 5.69 Å². The van der Waals surface area contributed by atoms with Gasteiger partial charge in [-0.25, -0.2) is 4.79 Å². The molecule has 62 valence electrons. The van der Waals surface area contributed by atoms with Crippen LogP contribution in [0.2, 0.25) is 0 Å². The van der Waals surface area contributed by atoms with Crippen molar-refractivity contribution >= 4 is 32.7 Å². The average Bonchev–Trinajstić information content (AvgIpc) is 2.30. The monoisotopic (exact) mass is 227 g/mol. The van der Waals surface area contributed by atoms with E-state index in [1.807, 2.05) is 0 Å². The predicted octanol–water partition coefficient (Wildman–Crippen LogP) is 1.20. The van der Waals surface area contributed by atoms with Crippen LogP contribution in [0, 0.1) is 0 Å². The fourth-order valence-electron chi connectivity index (χ4n) is 1.07. The second-order valence-electron chi connectivity index (χ2n) is 2.50. The van der Waals surface area contributed by atoms with E-state index < -0.39 is 0 Å². The van der Waals surface area contributed by atoms with Crippen LogP contribution in [0.5, 0.6) is 0 Å². The number of benzene rings is 1. The first-order valence-corrected chi connectivity index (χ1v) is 4.13. The molecule has 1 heterocycles. The number of hydrogen-bond acceptors (Lipinski definition) is 2. The Hall–Kier alpha value is -1.23. The number of hydrogen-bond donors (Lipinski definition) is 3. The summed E-state index contributed by atoms with van der Waals surface area (Å²) in [4.78, 5) is 16.1. The summed E-state index contributed by atoms with van der Waals surface area (Å²) in [7, 11) is 0. The third-order valence-electron chi connectivity index (χ3n) is 1.63. The molecule has 4 nitrogen and oxygen atoms in total. The Balaban J connectivity index is 2.92. The lowest BCUT2D eigenvalue weighted by Gasteiger charge is -1.95. The first kappa shape index (κ1) is 7.42. The average molecular weight is 228 g/mol. The maximum absolute atomic E-state index is 10.8. The Morgan fingerprint density at radius 2 is 1.83 bits per heavy atom. The summed E-state index contributed by atoms with van der Waals surface area (Å²) in [6, 6.07) is 3.47. The predicted molar refractivity (Wildman–Crippen MR) is 51.0 cm³/mol. The number of anilines is 1. The van der Waals surface area contributed by atoms with Crippen LogP contribution in [-0.2, 0) is 0 Å². The second-order valence-corrected chi connectivity index (χ2v) is 3.35. The quantitative estimate of drug-likeness (QED) is 0.592. The minimum Gasteiger partial charge on any atom is -0.398 e. The largest absolute Gasteiger partial charge is 0.398 e. The second kappa shape index (κ2) is 2.38. The number of H-pyrrole nitrogens is 2. The summed E-state index contributed by atoms with van der Waals surface area (Å²) in [5.74, 6) is 0. The minimum atomic E-state index is -0.220. The lowest BCUT2D eigenvalue weighted by atomic mass is 10.3. The van der Waals surface area contributed by atoms with Crippen LogP contribution in [0.3, 0.4) is 0 Å². The smallest absolute Gasteiger partial charge is 0.323 e. The Bertz CT molecular complexity index is 443. The lowest BCUT2D eigenvalue weighted by molar-refractivity contribution is 1.21. The van der Waals surface area contributed by atoms with Crippen molar-refractivity contribution in [2.45, 2.75) is 0 Å². The van der Waals surface area contributed by atoms with Crippen LogP contribution >= 0.6 is 15.9 Å². The third kappa shape index (κ3) is 1.02. The summed E-state index contributed by atoms with van der Waals surface area (Å²) in [5.41, 5.74) is 7.48. The van der Waals surface area contributed by atoms with E-state index in [4.69, 9.17) is 5.73 Å². The summed E-state index contributed by atoms with van der Waals surface area (Å²) >= 11 is 3.26. The van der Waals surface area contributed by atoms with Crippen molar-refractivity contribution in [3.63, 3.8) is 0 Å². The molecule has 12 heavy (non-hydrogen) atoms. The van der Waals surface area contributed by atoms with Gasteiger partial charge >= 0.3 is 5.69 Å². The van der Waals surface area contributed by atoms with Gasteiger partial charge in [-0.1, -0.05) is 0 Å². The van der Waals surface area contributed by atoms with Crippen molar-refractivity contribution < 1.29 is 0 Å². The van der Waals surface area contributed by atoms with Crippen LogP contribution in [0.4, 0.5) is 5.69 Å². The van der Waals surface area contributed by atoms with Crippen molar-refractivity contribution in [1.82, 2.24) is 9.97 Å². The number of halogens is 1. The molecular formula is C7H6BrN3O. The molecule has 0 atom stereocenters. The zero-order valence-electron chi connectivity index (χ0n) is 6.02. The molecule has 0 radical (unpaired) electrons. The van der Waals surface area contributed by atoms with Crippen molar-refractivity contribution in [1.29, 1.82) is 0 Å². The minimum absolute atomic E-state index is 0.220. The van der Waals surface area contributed by atoms with Gasteiger partial charge in [0, 0.05) is 10.2 Å². The summed E-state index contributed by atoms with van der Waals surface area (Å²) < 4.78 is 0.783. The Morgan fingerprint density at radius 1 is 1.25 bits per heavy atom. The molecule has 0 aliphatic rings. The molecule has 0 unspecified atom stereocenters. The van der Waals surface area contributed by atoms with Gasteiger partial charge in [0.1, 0.15) is 0 Å². The number of imidazole rings is 1. The zero-order valence-corrected chi connectivity index (χ0v) is 7.60. The van der Waals surface area contributed by atoms with E-state index in [9.17, 15) is 4.79 Å². The van der Waals surface area contributed by atoms with E-state index in [0.29, 0.717) is 5.69 Å². The van der Waals surface area contributed by atoms with Crippen LogP contribution in [0.25, 0.3) is 11.0 Å². The van der Waals surface area contributed by atoms with Crippen molar-refractivity contribution in [3.05, 3.63) is 27.1 Å². The number of fused-ring (bicyclic) bond motifs is 1. The highest BCUT2D eigenvalue weighted by Gasteiger charge is 2.01. The van der Waals surface area contributed by atoms with Gasteiger partial charge in [-0.05, 0) is 28.1 Å². The van der Waals surface area contributed by atoms with Gasteiger partial charge in [0.25, 0.3) is 0 Å². The third-order valence-corrected chi connectivity index (χ3v) is 2.32. The highest BCUT2D eigenvalue weighted by atomic mass is 79.9. The zero-order chi connectivity index (χ0) is 8.72. The molecule has 5 heteroatoms. The molecule has 0 fully saturated rings. The molecule has 4 N–H and O–H groups in total. The molecule has 2 rings (SSSR count). The van der Waals surface area contributed by atoms with Gasteiger partial charge in [-0.2, -0.15) is 0 Å². The van der Waals surface area contributed by atoms with Gasteiger partial charge in [-0.3, -0.25) is 0 Å². The fourth-order valence-corrected chi connectivity index (χ4v) is 1.42. The first-order valence-electron chi connectivity index (χ1n) is 3.34. The van der Waals surface area contributed by atoms with Gasteiger partial charge in [0.15, 0.2) is 0 Å². The summed E-state index contributed by atoms with van der Waals surface area (Å²) in [6.45, 7) is 0. The molecule has 1 aromatic carbocycles. The van der Waals surface area contributed by atoms with Crippen LogP contribution in [-0.4, -0.2) is 9.97 Å². The molecule has 0 aliphatic heterocycles. The van der Waals surface area contributed by atoms with Gasteiger partial charge in [-0.15, -0.1) is 0 Å². The standard InChI is InChI=1S/C7H6BrN3O/c8-3-1-5-6(2-4(3)9)11-7(12)10-5/h1-2H,9H2,(H2,10,11,12).